The summed E-state index contributed by atoms with van der Waals surface area (Å²) in [6.45, 7) is 0. The summed E-state index contributed by atoms with van der Waals surface area (Å²) < 4.78 is 39.8. The summed E-state index contributed by atoms with van der Waals surface area (Å²) in [5, 5.41) is 10.0. The third-order valence-corrected chi connectivity index (χ3v) is 3.50. The largest absolute Gasteiger partial charge is 0.573 e. The molecular weight excluding hydrogens is 295 g/mol. The second-order valence-corrected chi connectivity index (χ2v) is 4.82. The fourth-order valence-corrected chi connectivity index (χ4v) is 2.16. The molecule has 0 saturated heterocycles. The van der Waals surface area contributed by atoms with Gasteiger partial charge in [-0.15, -0.1) is 25.6 Å². The molecule has 0 heterocycles. The fourth-order valence-electron chi connectivity index (χ4n) is 2.16. The van der Waals surface area contributed by atoms with Gasteiger partial charge in [-0.25, -0.2) is 0 Å². The van der Waals surface area contributed by atoms with Gasteiger partial charge in [0.15, 0.2) is 0 Å². The summed E-state index contributed by atoms with van der Waals surface area (Å²) in [7, 11) is 0. The quantitative estimate of drug-likeness (QED) is 0.898. The standard InChI is InChI=1S/C13H16F3NO2.ClH/c14-13(15,16)19-10-6-4-8(5-7-10)11(17)12(18)9-2-1-3-9;/h4-7,9,11-12,18H,1-3,17H2;1H/t11-,12+;/m0./s1. The van der Waals surface area contributed by atoms with Gasteiger partial charge in [-0.05, 0) is 36.5 Å². The minimum Gasteiger partial charge on any atom is -0.406 e. The Bertz CT molecular complexity index is 421. The minimum atomic E-state index is -4.70. The van der Waals surface area contributed by atoms with E-state index in [1.54, 1.807) is 0 Å². The summed E-state index contributed by atoms with van der Waals surface area (Å²) in [6.07, 6.45) is -2.36. The van der Waals surface area contributed by atoms with Crippen LogP contribution >= 0.6 is 12.4 Å². The number of alkyl halides is 3. The molecule has 20 heavy (non-hydrogen) atoms. The smallest absolute Gasteiger partial charge is 0.406 e. The van der Waals surface area contributed by atoms with Crippen molar-refractivity contribution in [1.29, 1.82) is 0 Å². The Morgan fingerprint density at radius 2 is 1.75 bits per heavy atom. The lowest BCUT2D eigenvalue weighted by Gasteiger charge is -2.33. The zero-order valence-electron chi connectivity index (χ0n) is 10.6. The molecule has 3 N–H and O–H groups in total. The molecule has 2 rings (SSSR count). The molecule has 114 valence electrons. The molecule has 7 heteroatoms. The Hall–Kier alpha value is -0.980. The van der Waals surface area contributed by atoms with Gasteiger partial charge in [-0.2, -0.15) is 0 Å². The number of nitrogens with two attached hydrogens (primary N) is 1. The van der Waals surface area contributed by atoms with Gasteiger partial charge in [0.25, 0.3) is 0 Å². The number of hydrogen-bond donors (Lipinski definition) is 2. The first-order chi connectivity index (χ1) is 8.87. The summed E-state index contributed by atoms with van der Waals surface area (Å²) in [5.74, 6) is -0.0947. The molecule has 3 nitrogen and oxygen atoms in total. The van der Waals surface area contributed by atoms with E-state index in [-0.39, 0.29) is 24.1 Å². The van der Waals surface area contributed by atoms with Gasteiger partial charge in [0.1, 0.15) is 5.75 Å². The van der Waals surface area contributed by atoms with Crippen LogP contribution in [0.2, 0.25) is 0 Å². The van der Waals surface area contributed by atoms with E-state index < -0.39 is 18.5 Å². The second kappa shape index (κ2) is 6.65. The Balaban J connectivity index is 0.00000200. The monoisotopic (exact) mass is 311 g/mol. The van der Waals surface area contributed by atoms with E-state index in [2.05, 4.69) is 4.74 Å². The van der Waals surface area contributed by atoms with Crippen molar-refractivity contribution < 1.29 is 23.0 Å². The van der Waals surface area contributed by atoms with Crippen molar-refractivity contribution in [3.8, 4) is 5.75 Å². The SMILES string of the molecule is Cl.N[C@@H](c1ccc(OC(F)(F)F)cc1)[C@H](O)C1CCC1. The molecule has 0 unspecified atom stereocenters. The highest BCUT2D eigenvalue weighted by atomic mass is 35.5. The molecule has 0 bridgehead atoms. The fraction of sp³-hybridized carbons (Fsp3) is 0.538. The van der Waals surface area contributed by atoms with E-state index in [4.69, 9.17) is 5.73 Å². The normalized spacial score (nSPS) is 18.6. The molecule has 1 aromatic rings. The van der Waals surface area contributed by atoms with Crippen molar-refractivity contribution in [1.82, 2.24) is 0 Å². The van der Waals surface area contributed by atoms with Crippen LogP contribution < -0.4 is 10.5 Å². The van der Waals surface area contributed by atoms with Crippen LogP contribution in [0.4, 0.5) is 13.2 Å². The number of hydrogen-bond acceptors (Lipinski definition) is 3. The van der Waals surface area contributed by atoms with Crippen LogP contribution in [-0.2, 0) is 0 Å². The molecule has 1 aliphatic carbocycles. The third-order valence-electron chi connectivity index (χ3n) is 3.50. The molecule has 0 spiro atoms. The maximum atomic E-state index is 12.0. The number of rotatable bonds is 4. The number of ether oxygens (including phenoxy) is 1. The number of halogens is 4. The van der Waals surface area contributed by atoms with Crippen LogP contribution in [0.15, 0.2) is 24.3 Å². The highest BCUT2D eigenvalue weighted by Crippen LogP contribution is 2.34. The first kappa shape index (κ1) is 17.1. The summed E-state index contributed by atoms with van der Waals surface area (Å²) in [5.41, 5.74) is 6.52. The van der Waals surface area contributed by atoms with Crippen molar-refractivity contribution in [3.05, 3.63) is 29.8 Å². The first-order valence-electron chi connectivity index (χ1n) is 6.16. The molecular formula is C13H17ClF3NO2. The Morgan fingerprint density at radius 3 is 2.15 bits per heavy atom. The highest BCUT2D eigenvalue weighted by Gasteiger charge is 2.32. The van der Waals surface area contributed by atoms with Gasteiger partial charge in [-0.3, -0.25) is 0 Å². The van der Waals surface area contributed by atoms with Crippen molar-refractivity contribution >= 4 is 12.4 Å². The molecule has 1 aromatic carbocycles. The van der Waals surface area contributed by atoms with Gasteiger partial charge in [-0.1, -0.05) is 18.6 Å². The van der Waals surface area contributed by atoms with E-state index in [1.807, 2.05) is 0 Å². The van der Waals surface area contributed by atoms with Gasteiger partial charge in [0.05, 0.1) is 12.1 Å². The van der Waals surface area contributed by atoms with Crippen LogP contribution in [0.5, 0.6) is 5.75 Å². The van der Waals surface area contributed by atoms with E-state index in [0.29, 0.717) is 5.56 Å². The lowest BCUT2D eigenvalue weighted by atomic mass is 9.77. The first-order valence-corrected chi connectivity index (χ1v) is 6.16. The zero-order chi connectivity index (χ0) is 14.0. The van der Waals surface area contributed by atoms with Crippen LogP contribution in [0.1, 0.15) is 30.9 Å². The molecule has 1 aliphatic rings. The lowest BCUT2D eigenvalue weighted by molar-refractivity contribution is -0.274. The van der Waals surface area contributed by atoms with Crippen molar-refractivity contribution in [2.75, 3.05) is 0 Å². The summed E-state index contributed by atoms with van der Waals surface area (Å²) in [4.78, 5) is 0. The molecule has 0 aliphatic heterocycles. The van der Waals surface area contributed by atoms with Crippen LogP contribution in [0.25, 0.3) is 0 Å². The minimum absolute atomic E-state index is 0. The van der Waals surface area contributed by atoms with Gasteiger partial charge in [0.2, 0.25) is 0 Å². The molecule has 1 saturated carbocycles. The predicted octanol–water partition coefficient (Wildman–Crippen LogP) is 3.17. The van der Waals surface area contributed by atoms with Crippen LogP contribution in [0.3, 0.4) is 0 Å². The maximum Gasteiger partial charge on any atom is 0.573 e. The predicted molar refractivity (Wildman–Crippen MR) is 70.6 cm³/mol. The van der Waals surface area contributed by atoms with Gasteiger partial charge < -0.3 is 15.6 Å². The Morgan fingerprint density at radius 1 is 1.20 bits per heavy atom. The van der Waals surface area contributed by atoms with E-state index in [9.17, 15) is 18.3 Å². The van der Waals surface area contributed by atoms with Crippen molar-refractivity contribution in [2.45, 2.75) is 37.8 Å². The number of aliphatic hydroxyl groups is 1. The number of aliphatic hydroxyl groups excluding tert-OH is 1. The molecule has 0 amide bonds. The lowest BCUT2D eigenvalue weighted by Crippen LogP contribution is -2.36. The zero-order valence-corrected chi connectivity index (χ0v) is 11.5. The van der Waals surface area contributed by atoms with Crippen LogP contribution in [0, 0.1) is 5.92 Å². The van der Waals surface area contributed by atoms with Gasteiger partial charge >= 0.3 is 6.36 Å². The number of benzene rings is 1. The van der Waals surface area contributed by atoms with E-state index >= 15 is 0 Å². The Labute approximate surface area is 121 Å². The van der Waals surface area contributed by atoms with Crippen molar-refractivity contribution in [2.24, 2.45) is 11.7 Å². The maximum absolute atomic E-state index is 12.0. The second-order valence-electron chi connectivity index (χ2n) is 4.82. The summed E-state index contributed by atoms with van der Waals surface area (Å²) >= 11 is 0. The topological polar surface area (TPSA) is 55.5 Å². The van der Waals surface area contributed by atoms with E-state index in [1.165, 1.54) is 24.3 Å². The molecule has 0 radical (unpaired) electrons. The molecule has 2 atom stereocenters. The summed E-state index contributed by atoms with van der Waals surface area (Å²) in [6, 6.07) is 4.73. The van der Waals surface area contributed by atoms with Crippen molar-refractivity contribution in [3.63, 3.8) is 0 Å². The van der Waals surface area contributed by atoms with Gasteiger partial charge in [0, 0.05) is 0 Å². The Kier molecular flexibility index (Phi) is 5.68. The third kappa shape index (κ3) is 4.26. The highest BCUT2D eigenvalue weighted by molar-refractivity contribution is 5.85. The average Bonchev–Trinajstić information content (AvgIpc) is 2.24. The molecule has 1 fully saturated rings. The van der Waals surface area contributed by atoms with Crippen LogP contribution in [-0.4, -0.2) is 17.6 Å². The van der Waals surface area contributed by atoms with E-state index in [0.717, 1.165) is 19.3 Å². The molecule has 0 aromatic heterocycles. The average molecular weight is 312 g/mol.